The SMILES string of the molecule is COc1nc(N)nc(NCCSC(F)(F)F)n1. The van der Waals surface area contributed by atoms with E-state index in [9.17, 15) is 13.2 Å². The molecule has 0 fully saturated rings. The topological polar surface area (TPSA) is 86.0 Å². The first-order valence-corrected chi connectivity index (χ1v) is 5.39. The van der Waals surface area contributed by atoms with E-state index in [4.69, 9.17) is 10.5 Å². The van der Waals surface area contributed by atoms with Crippen LogP contribution in [0, 0.1) is 0 Å². The molecule has 0 amide bonds. The summed E-state index contributed by atoms with van der Waals surface area (Å²) in [7, 11) is 1.35. The minimum Gasteiger partial charge on any atom is -0.467 e. The van der Waals surface area contributed by atoms with Crippen LogP contribution in [0.1, 0.15) is 0 Å². The summed E-state index contributed by atoms with van der Waals surface area (Å²) in [6, 6.07) is 0.00322. The highest BCUT2D eigenvalue weighted by Gasteiger charge is 2.27. The summed E-state index contributed by atoms with van der Waals surface area (Å²) in [4.78, 5) is 11.1. The number of alkyl halides is 3. The number of thioether (sulfide) groups is 1. The van der Waals surface area contributed by atoms with Crippen LogP contribution in [0.3, 0.4) is 0 Å². The van der Waals surface area contributed by atoms with E-state index in [2.05, 4.69) is 20.3 Å². The number of nitrogens with zero attached hydrogens (tertiary/aromatic N) is 3. The molecule has 0 atom stereocenters. The Kier molecular flexibility index (Phi) is 4.61. The van der Waals surface area contributed by atoms with Gasteiger partial charge in [-0.25, -0.2) is 0 Å². The normalized spacial score (nSPS) is 11.3. The Morgan fingerprint density at radius 1 is 1.35 bits per heavy atom. The van der Waals surface area contributed by atoms with Gasteiger partial charge in [0.1, 0.15) is 0 Å². The quantitative estimate of drug-likeness (QED) is 0.775. The van der Waals surface area contributed by atoms with Gasteiger partial charge in [-0.15, -0.1) is 0 Å². The van der Waals surface area contributed by atoms with Crippen molar-refractivity contribution in [1.29, 1.82) is 0 Å². The van der Waals surface area contributed by atoms with Gasteiger partial charge in [-0.2, -0.15) is 28.1 Å². The van der Waals surface area contributed by atoms with E-state index >= 15 is 0 Å². The first-order chi connectivity index (χ1) is 7.90. The molecule has 6 nitrogen and oxygen atoms in total. The molecule has 0 bridgehead atoms. The fourth-order valence-corrected chi connectivity index (χ4v) is 1.31. The van der Waals surface area contributed by atoms with Crippen LogP contribution >= 0.6 is 11.8 Å². The Balaban J connectivity index is 2.44. The highest BCUT2D eigenvalue weighted by molar-refractivity contribution is 8.00. The molecule has 0 aliphatic heterocycles. The second-order valence-corrected chi connectivity index (χ2v) is 3.88. The number of rotatable bonds is 5. The summed E-state index contributed by atoms with van der Waals surface area (Å²) in [5, 5.41) is 2.59. The van der Waals surface area contributed by atoms with Crippen molar-refractivity contribution in [2.75, 3.05) is 30.5 Å². The van der Waals surface area contributed by atoms with Gasteiger partial charge >= 0.3 is 11.5 Å². The average molecular weight is 269 g/mol. The molecule has 0 unspecified atom stereocenters. The van der Waals surface area contributed by atoms with Gasteiger partial charge in [-0.05, 0) is 11.8 Å². The summed E-state index contributed by atoms with van der Waals surface area (Å²) in [6.07, 6.45) is 0. The highest BCUT2D eigenvalue weighted by Crippen LogP contribution is 2.29. The number of hydrogen-bond acceptors (Lipinski definition) is 7. The zero-order valence-electron chi connectivity index (χ0n) is 8.78. The third-order valence-electron chi connectivity index (χ3n) is 1.47. The van der Waals surface area contributed by atoms with E-state index in [1.54, 1.807) is 0 Å². The molecular weight excluding hydrogens is 259 g/mol. The number of halogens is 3. The maximum Gasteiger partial charge on any atom is 0.441 e. The van der Waals surface area contributed by atoms with E-state index in [0.29, 0.717) is 0 Å². The average Bonchev–Trinajstić information content (AvgIpc) is 2.22. The second-order valence-electron chi connectivity index (χ2n) is 2.72. The van der Waals surface area contributed by atoms with Crippen molar-refractivity contribution in [3.8, 4) is 6.01 Å². The molecule has 3 N–H and O–H groups in total. The van der Waals surface area contributed by atoms with Crippen molar-refractivity contribution in [3.05, 3.63) is 0 Å². The molecule has 1 rings (SSSR count). The molecule has 0 radical (unpaired) electrons. The molecule has 1 aromatic rings. The molecule has 0 saturated heterocycles. The summed E-state index contributed by atoms with van der Waals surface area (Å²) < 4.78 is 40.2. The zero-order chi connectivity index (χ0) is 12.9. The maximum absolute atomic E-state index is 11.8. The van der Waals surface area contributed by atoms with Gasteiger partial charge in [0.2, 0.25) is 11.9 Å². The molecule has 0 saturated carbocycles. The van der Waals surface area contributed by atoms with E-state index in [1.165, 1.54) is 7.11 Å². The number of methoxy groups -OCH3 is 1. The van der Waals surface area contributed by atoms with Gasteiger partial charge in [-0.3, -0.25) is 0 Å². The van der Waals surface area contributed by atoms with Crippen molar-refractivity contribution in [3.63, 3.8) is 0 Å². The monoisotopic (exact) mass is 269 g/mol. The first-order valence-electron chi connectivity index (χ1n) is 4.41. The molecule has 1 heterocycles. The lowest BCUT2D eigenvalue weighted by molar-refractivity contribution is -0.0327. The Labute approximate surface area is 99.2 Å². The van der Waals surface area contributed by atoms with Crippen LogP contribution in [-0.4, -0.2) is 39.9 Å². The van der Waals surface area contributed by atoms with Crippen molar-refractivity contribution >= 4 is 23.7 Å². The molecule has 0 aromatic carbocycles. The van der Waals surface area contributed by atoms with Crippen LogP contribution in [0.4, 0.5) is 25.1 Å². The largest absolute Gasteiger partial charge is 0.467 e. The second kappa shape index (κ2) is 5.75. The van der Waals surface area contributed by atoms with E-state index < -0.39 is 5.51 Å². The Morgan fingerprint density at radius 3 is 2.65 bits per heavy atom. The fourth-order valence-electron chi connectivity index (χ4n) is 0.872. The standard InChI is InChI=1S/C7H10F3N5OS/c1-16-6-14-4(11)13-5(15-6)12-2-3-17-7(8,9)10/h2-3H2,1H3,(H3,11,12,13,14,15). The Bertz CT molecular complexity index is 375. The number of anilines is 2. The molecule has 0 aliphatic rings. The predicted molar refractivity (Wildman–Crippen MR) is 57.8 cm³/mol. The predicted octanol–water partition coefficient (Wildman–Crippen LogP) is 1.13. The molecule has 96 valence electrons. The number of nitrogens with one attached hydrogen (secondary N) is 1. The summed E-state index contributed by atoms with van der Waals surface area (Å²) in [5.41, 5.74) is 1.10. The third kappa shape index (κ3) is 5.43. The highest BCUT2D eigenvalue weighted by atomic mass is 32.2. The van der Waals surface area contributed by atoms with Crippen molar-refractivity contribution < 1.29 is 17.9 Å². The van der Waals surface area contributed by atoms with Crippen LogP contribution in [-0.2, 0) is 0 Å². The molecular formula is C7H10F3N5OS. The number of nitrogens with two attached hydrogens (primary N) is 1. The molecule has 17 heavy (non-hydrogen) atoms. The summed E-state index contributed by atoms with van der Waals surface area (Å²) in [6.45, 7) is 0.0524. The van der Waals surface area contributed by atoms with Crippen molar-refractivity contribution in [1.82, 2.24) is 15.0 Å². The van der Waals surface area contributed by atoms with Crippen molar-refractivity contribution in [2.45, 2.75) is 5.51 Å². The van der Waals surface area contributed by atoms with Crippen LogP contribution in [0.5, 0.6) is 6.01 Å². The van der Waals surface area contributed by atoms with Gasteiger partial charge < -0.3 is 15.8 Å². The summed E-state index contributed by atoms with van der Waals surface area (Å²) >= 11 is -0.129. The molecule has 10 heteroatoms. The van der Waals surface area contributed by atoms with Crippen molar-refractivity contribution in [2.24, 2.45) is 0 Å². The molecule has 0 aliphatic carbocycles. The lowest BCUT2D eigenvalue weighted by Gasteiger charge is -2.07. The van der Waals surface area contributed by atoms with E-state index in [-0.39, 0.29) is 42.0 Å². The Hall–Kier alpha value is -1.45. The lowest BCUT2D eigenvalue weighted by atomic mass is 10.7. The first kappa shape index (κ1) is 13.6. The summed E-state index contributed by atoms with van der Waals surface area (Å²) in [5.74, 6) is -0.142. The van der Waals surface area contributed by atoms with Gasteiger partial charge in [0, 0.05) is 12.3 Å². The van der Waals surface area contributed by atoms with E-state index in [0.717, 1.165) is 0 Å². The number of nitrogen functional groups attached to an aromatic ring is 1. The van der Waals surface area contributed by atoms with Gasteiger partial charge in [-0.1, -0.05) is 0 Å². The smallest absolute Gasteiger partial charge is 0.441 e. The van der Waals surface area contributed by atoms with Gasteiger partial charge in [0.15, 0.2) is 0 Å². The molecule has 1 aromatic heterocycles. The zero-order valence-corrected chi connectivity index (χ0v) is 9.60. The van der Waals surface area contributed by atoms with Crippen LogP contribution < -0.4 is 15.8 Å². The lowest BCUT2D eigenvalue weighted by Crippen LogP contribution is -2.13. The Morgan fingerprint density at radius 2 is 2.06 bits per heavy atom. The van der Waals surface area contributed by atoms with Gasteiger partial charge in [0.25, 0.3) is 0 Å². The maximum atomic E-state index is 11.8. The number of hydrogen-bond donors (Lipinski definition) is 2. The van der Waals surface area contributed by atoms with Crippen LogP contribution in [0.15, 0.2) is 0 Å². The minimum atomic E-state index is -4.24. The molecule has 0 spiro atoms. The fraction of sp³-hybridized carbons (Fsp3) is 0.571. The van der Waals surface area contributed by atoms with Crippen LogP contribution in [0.2, 0.25) is 0 Å². The number of aromatic nitrogens is 3. The minimum absolute atomic E-state index is 0.00322. The number of ether oxygens (including phenoxy) is 1. The van der Waals surface area contributed by atoms with E-state index in [1.807, 2.05) is 0 Å². The van der Waals surface area contributed by atoms with Gasteiger partial charge in [0.05, 0.1) is 7.11 Å². The van der Waals surface area contributed by atoms with Crippen LogP contribution in [0.25, 0.3) is 0 Å². The third-order valence-corrected chi connectivity index (χ3v) is 2.20.